The van der Waals surface area contributed by atoms with Crippen LogP contribution >= 0.6 is 0 Å². The zero-order valence-corrected chi connectivity index (χ0v) is 13.8. The summed E-state index contributed by atoms with van der Waals surface area (Å²) in [6.07, 6.45) is 5.11. The third kappa shape index (κ3) is 3.81. The number of nitrogen functional groups attached to an aromatic ring is 1. The third-order valence-electron chi connectivity index (χ3n) is 2.96. The van der Waals surface area contributed by atoms with Gasteiger partial charge in [0.25, 0.3) is 0 Å². The van der Waals surface area contributed by atoms with Crippen molar-refractivity contribution >= 4 is 22.7 Å². The Morgan fingerprint density at radius 1 is 1.14 bits per heavy atom. The van der Waals surface area contributed by atoms with Gasteiger partial charge in [0.15, 0.2) is 11.5 Å². The van der Waals surface area contributed by atoms with Crippen molar-refractivity contribution in [2.24, 2.45) is 0 Å². The van der Waals surface area contributed by atoms with E-state index in [4.69, 9.17) is 19.9 Å². The first-order chi connectivity index (χ1) is 10.7. The SMILES string of the molecule is CC.CCO/C=C/c1cnc2cc(OC)c(OC)cc2c1N. The molecule has 0 atom stereocenters. The van der Waals surface area contributed by atoms with Crippen LogP contribution in [0.4, 0.5) is 5.69 Å². The molecule has 0 radical (unpaired) electrons. The molecule has 22 heavy (non-hydrogen) atoms. The highest BCUT2D eigenvalue weighted by molar-refractivity contribution is 5.96. The number of methoxy groups -OCH3 is 2. The molecule has 5 nitrogen and oxygen atoms in total. The molecule has 1 heterocycles. The Labute approximate surface area is 131 Å². The standard InChI is InChI=1S/C15H18N2O3.C2H6/c1-4-20-6-5-10-9-17-12-8-14(19-3)13(18-2)7-11(12)15(10)16;1-2/h5-9H,4H2,1-3H3,(H2,16,17);1-2H3/b6-5+;. The largest absolute Gasteiger partial charge is 0.501 e. The van der Waals surface area contributed by atoms with E-state index < -0.39 is 0 Å². The van der Waals surface area contributed by atoms with Gasteiger partial charge < -0.3 is 19.9 Å². The molecule has 2 N–H and O–H groups in total. The molecule has 0 spiro atoms. The van der Waals surface area contributed by atoms with Crippen LogP contribution in [0.25, 0.3) is 17.0 Å². The minimum Gasteiger partial charge on any atom is -0.501 e. The molecule has 0 bridgehead atoms. The highest BCUT2D eigenvalue weighted by Crippen LogP contribution is 2.34. The van der Waals surface area contributed by atoms with Gasteiger partial charge in [-0.15, -0.1) is 0 Å². The molecular weight excluding hydrogens is 280 g/mol. The molecule has 120 valence electrons. The first kappa shape index (κ1) is 17.6. The van der Waals surface area contributed by atoms with Gasteiger partial charge in [0, 0.05) is 23.2 Å². The van der Waals surface area contributed by atoms with Crippen molar-refractivity contribution in [1.29, 1.82) is 0 Å². The average Bonchev–Trinajstić information content (AvgIpc) is 2.58. The van der Waals surface area contributed by atoms with Gasteiger partial charge in [0.05, 0.1) is 38.3 Å². The molecule has 0 aliphatic rings. The second-order valence-corrected chi connectivity index (χ2v) is 4.11. The number of nitrogens with zero attached hydrogens (tertiary/aromatic N) is 1. The maximum Gasteiger partial charge on any atom is 0.162 e. The van der Waals surface area contributed by atoms with Crippen LogP contribution in [0, 0.1) is 0 Å². The first-order valence-electron chi connectivity index (χ1n) is 7.29. The van der Waals surface area contributed by atoms with Crippen molar-refractivity contribution in [2.45, 2.75) is 20.8 Å². The third-order valence-corrected chi connectivity index (χ3v) is 2.96. The van der Waals surface area contributed by atoms with Crippen molar-refractivity contribution in [3.63, 3.8) is 0 Å². The summed E-state index contributed by atoms with van der Waals surface area (Å²) in [5.74, 6) is 1.25. The van der Waals surface area contributed by atoms with Crippen LogP contribution in [-0.2, 0) is 4.74 Å². The summed E-state index contributed by atoms with van der Waals surface area (Å²) < 4.78 is 15.7. The summed E-state index contributed by atoms with van der Waals surface area (Å²) in [6.45, 7) is 6.53. The maximum atomic E-state index is 6.17. The molecule has 0 fully saturated rings. The van der Waals surface area contributed by atoms with Gasteiger partial charge in [-0.1, -0.05) is 13.8 Å². The van der Waals surface area contributed by atoms with Crippen LogP contribution in [0.3, 0.4) is 0 Å². The number of nitrogens with two attached hydrogens (primary N) is 1. The topological polar surface area (TPSA) is 66.6 Å². The zero-order valence-electron chi connectivity index (χ0n) is 13.8. The summed E-state index contributed by atoms with van der Waals surface area (Å²) >= 11 is 0. The highest BCUT2D eigenvalue weighted by atomic mass is 16.5. The van der Waals surface area contributed by atoms with E-state index in [1.165, 1.54) is 0 Å². The average molecular weight is 304 g/mol. The smallest absolute Gasteiger partial charge is 0.162 e. The van der Waals surface area contributed by atoms with E-state index in [0.29, 0.717) is 23.8 Å². The molecule has 0 amide bonds. The van der Waals surface area contributed by atoms with Gasteiger partial charge in [0.2, 0.25) is 0 Å². The van der Waals surface area contributed by atoms with Crippen LogP contribution in [0.5, 0.6) is 11.5 Å². The van der Waals surface area contributed by atoms with Crippen molar-refractivity contribution in [1.82, 2.24) is 4.98 Å². The second-order valence-electron chi connectivity index (χ2n) is 4.11. The van der Waals surface area contributed by atoms with Gasteiger partial charge in [-0.25, -0.2) is 0 Å². The number of fused-ring (bicyclic) bond motifs is 1. The molecule has 2 rings (SSSR count). The van der Waals surface area contributed by atoms with Gasteiger partial charge in [-0.2, -0.15) is 0 Å². The number of rotatable bonds is 5. The molecule has 5 heteroatoms. The Morgan fingerprint density at radius 3 is 2.36 bits per heavy atom. The Kier molecular flexibility index (Phi) is 7.02. The fourth-order valence-corrected chi connectivity index (χ4v) is 1.91. The molecule has 0 saturated heterocycles. The fourth-order valence-electron chi connectivity index (χ4n) is 1.91. The summed E-state index contributed by atoms with van der Waals surface area (Å²) in [5, 5.41) is 0.821. The summed E-state index contributed by atoms with van der Waals surface area (Å²) in [7, 11) is 3.18. The second kappa shape index (κ2) is 8.77. The first-order valence-corrected chi connectivity index (χ1v) is 7.29. The van der Waals surface area contributed by atoms with E-state index in [-0.39, 0.29) is 0 Å². The number of benzene rings is 1. The van der Waals surface area contributed by atoms with E-state index in [1.54, 1.807) is 38.8 Å². The van der Waals surface area contributed by atoms with E-state index in [2.05, 4.69) is 4.98 Å². The van der Waals surface area contributed by atoms with E-state index in [1.807, 2.05) is 26.8 Å². The number of hydrogen-bond acceptors (Lipinski definition) is 5. The molecule has 0 aliphatic carbocycles. The molecule has 0 saturated carbocycles. The Morgan fingerprint density at radius 2 is 1.77 bits per heavy atom. The van der Waals surface area contributed by atoms with Crippen LogP contribution in [-0.4, -0.2) is 25.8 Å². The maximum absolute atomic E-state index is 6.17. The summed E-state index contributed by atoms with van der Waals surface area (Å²) in [6, 6.07) is 3.63. The van der Waals surface area contributed by atoms with E-state index >= 15 is 0 Å². The lowest BCUT2D eigenvalue weighted by Gasteiger charge is -2.11. The minimum atomic E-state index is 0.614. The molecule has 1 aromatic heterocycles. The molecule has 0 unspecified atom stereocenters. The van der Waals surface area contributed by atoms with Crippen molar-refractivity contribution in [2.75, 3.05) is 26.6 Å². The number of aromatic nitrogens is 1. The molecule has 2 aromatic rings. The Hall–Kier alpha value is -2.43. The monoisotopic (exact) mass is 304 g/mol. The highest BCUT2D eigenvalue weighted by Gasteiger charge is 2.10. The summed E-state index contributed by atoms with van der Waals surface area (Å²) in [5.41, 5.74) is 8.37. The predicted molar refractivity (Wildman–Crippen MR) is 91.3 cm³/mol. The van der Waals surface area contributed by atoms with Gasteiger partial charge in [0.1, 0.15) is 0 Å². The number of pyridine rings is 1. The predicted octanol–water partition coefficient (Wildman–Crippen LogP) is 3.87. The zero-order chi connectivity index (χ0) is 16.5. The van der Waals surface area contributed by atoms with Crippen LogP contribution in [0.15, 0.2) is 24.6 Å². The molecule has 1 aromatic carbocycles. The van der Waals surface area contributed by atoms with Gasteiger partial charge >= 0.3 is 0 Å². The van der Waals surface area contributed by atoms with Crippen molar-refractivity contribution < 1.29 is 14.2 Å². The van der Waals surface area contributed by atoms with Crippen LogP contribution in [0.1, 0.15) is 26.3 Å². The molecular formula is C17H24N2O3. The van der Waals surface area contributed by atoms with E-state index in [9.17, 15) is 0 Å². The van der Waals surface area contributed by atoms with Crippen LogP contribution < -0.4 is 15.2 Å². The lowest BCUT2D eigenvalue weighted by molar-refractivity contribution is 0.272. The van der Waals surface area contributed by atoms with Crippen molar-refractivity contribution in [3.8, 4) is 11.5 Å². The fraction of sp³-hybridized carbons (Fsp3) is 0.353. The Bertz CT molecular complexity index is 639. The lowest BCUT2D eigenvalue weighted by Crippen LogP contribution is -1.96. The van der Waals surface area contributed by atoms with Crippen LogP contribution in [0.2, 0.25) is 0 Å². The molecule has 0 aliphatic heterocycles. The number of ether oxygens (including phenoxy) is 3. The minimum absolute atomic E-state index is 0.614. The van der Waals surface area contributed by atoms with E-state index in [0.717, 1.165) is 16.5 Å². The number of anilines is 1. The summed E-state index contributed by atoms with van der Waals surface area (Å²) in [4.78, 5) is 4.38. The normalized spacial score (nSPS) is 10.2. The van der Waals surface area contributed by atoms with Crippen molar-refractivity contribution in [3.05, 3.63) is 30.2 Å². The Balaban J connectivity index is 0.00000116. The quantitative estimate of drug-likeness (QED) is 0.849. The lowest BCUT2D eigenvalue weighted by atomic mass is 10.1. The van der Waals surface area contributed by atoms with Gasteiger partial charge in [-0.05, 0) is 19.1 Å². The van der Waals surface area contributed by atoms with Gasteiger partial charge in [-0.3, -0.25) is 4.98 Å². The number of hydrogen-bond donors (Lipinski definition) is 1.